The van der Waals surface area contributed by atoms with Crippen LogP contribution < -0.4 is 5.32 Å². The highest BCUT2D eigenvalue weighted by atomic mass is 33.1. The molecule has 19 atom stereocenters. The average molecular weight is 1140 g/mol. The fourth-order valence-corrected chi connectivity index (χ4v) is 10.8. The van der Waals surface area contributed by atoms with Gasteiger partial charge in [-0.15, -0.1) is 0 Å². The van der Waals surface area contributed by atoms with E-state index in [4.69, 9.17) is 23.7 Å². The molecule has 5 unspecified atom stereocenters. The molecule has 23 heteroatoms. The lowest BCUT2D eigenvalue weighted by atomic mass is 9.81. The summed E-state index contributed by atoms with van der Waals surface area (Å²) in [5, 5.41) is 123. The number of alkyl carbamates (subject to hydrolysis) is 1. The molecule has 1 amide bonds. The van der Waals surface area contributed by atoms with Crippen LogP contribution in [0.25, 0.3) is 0 Å². The first kappa shape index (κ1) is 68.5. The zero-order valence-corrected chi connectivity index (χ0v) is 46.7. The Labute approximate surface area is 465 Å². The van der Waals surface area contributed by atoms with Crippen LogP contribution in [0.2, 0.25) is 0 Å². The van der Waals surface area contributed by atoms with Gasteiger partial charge in [0.05, 0.1) is 67.1 Å². The molecule has 78 heavy (non-hydrogen) atoms. The predicted molar refractivity (Wildman–Crippen MR) is 292 cm³/mol. The van der Waals surface area contributed by atoms with E-state index in [9.17, 15) is 75.3 Å². The van der Waals surface area contributed by atoms with Gasteiger partial charge in [-0.1, -0.05) is 127 Å². The van der Waals surface area contributed by atoms with Gasteiger partial charge in [-0.3, -0.25) is 14.4 Å². The van der Waals surface area contributed by atoms with E-state index in [-0.39, 0.29) is 68.9 Å². The number of aliphatic carboxylic acids is 1. The largest absolute Gasteiger partial charge is 0.481 e. The lowest BCUT2D eigenvalue weighted by molar-refractivity contribution is -0.309. The molecular weight excluding hydrogens is 1060 g/mol. The number of amides is 1. The number of aliphatic hydroxyl groups is 10. The summed E-state index contributed by atoms with van der Waals surface area (Å²) >= 11 is 0. The molecule has 2 saturated heterocycles. The number of fused-ring (bicyclic) bond motifs is 2. The topological polar surface area (TPSA) is 349 Å². The second kappa shape index (κ2) is 35.9. The van der Waals surface area contributed by atoms with Gasteiger partial charge < -0.3 is 85.2 Å². The van der Waals surface area contributed by atoms with Crippen molar-refractivity contribution in [1.29, 1.82) is 0 Å². The van der Waals surface area contributed by atoms with Crippen LogP contribution in [0.4, 0.5) is 4.79 Å². The minimum absolute atomic E-state index is 0.0421. The number of carbonyl (C=O) groups is 4. The number of carboxylic acid groups (broad SMARTS) is 1. The van der Waals surface area contributed by atoms with Crippen LogP contribution in [0.15, 0.2) is 85.1 Å². The standard InChI is InChI=1S/C55H85NO20S2/c1-33-18-16-14-12-10-8-6-7-9-11-13-15-17-19-42(75-53-51(67)48(50(66)36(4)74-53)56-54(70)73-23-25-78-77-24-22-72-37(5)57)30-46-47(52(68)69)45(64)32-55(71,76-46)31-41(61)29-44(63)43(62)21-20-38(58)27-40(60)28-39(59)26-34(2)35(3)49(33)65/h6-19,33-36,38,40-51,53,58,60-67,71H,20-32H2,1-5H3,(H,56,70)(H,68,69)/b7-6+,10-8+,11-9+,14-12+,15-13+,18-16+,19-17+/t33-,34+,35-,36?,38+,40+,41-,42-,43+,44+,45-,46-,47+,48?,49+,50?,51?,53?,55+/m0/s1. The van der Waals surface area contributed by atoms with Gasteiger partial charge in [0.2, 0.25) is 0 Å². The van der Waals surface area contributed by atoms with Crippen molar-refractivity contribution in [3.05, 3.63) is 85.1 Å². The Balaban J connectivity index is 1.87. The first-order valence-electron chi connectivity index (χ1n) is 26.5. The zero-order valence-electron chi connectivity index (χ0n) is 45.1. The first-order valence-corrected chi connectivity index (χ1v) is 29.0. The molecule has 12 N–H and O–H groups in total. The molecule has 0 aromatic carbocycles. The molecule has 0 aromatic heterocycles. The second-order valence-corrected chi connectivity index (χ2v) is 23.0. The summed E-state index contributed by atoms with van der Waals surface area (Å²) in [5.74, 6) is -5.99. The third-order valence-corrected chi connectivity index (χ3v) is 16.0. The molecule has 3 aliphatic rings. The summed E-state index contributed by atoms with van der Waals surface area (Å²) in [5.41, 5.74) is 0. The minimum Gasteiger partial charge on any atom is -0.481 e. The average Bonchev–Trinajstić information content (AvgIpc) is 3.40. The van der Waals surface area contributed by atoms with Crippen molar-refractivity contribution in [2.75, 3.05) is 24.7 Å². The van der Waals surface area contributed by atoms with E-state index in [0.717, 1.165) is 0 Å². The number of esters is 1. The predicted octanol–water partition coefficient (Wildman–Crippen LogP) is 3.09. The summed E-state index contributed by atoms with van der Waals surface area (Å²) in [7, 11) is 2.77. The van der Waals surface area contributed by atoms with E-state index in [2.05, 4.69) is 5.32 Å². The highest BCUT2D eigenvalue weighted by molar-refractivity contribution is 8.76. The maximum Gasteiger partial charge on any atom is 0.407 e. The Bertz CT molecular complexity index is 2040. The van der Waals surface area contributed by atoms with Crippen LogP contribution in [0.1, 0.15) is 92.4 Å². The minimum atomic E-state index is -2.39. The zero-order chi connectivity index (χ0) is 58.0. The maximum absolute atomic E-state index is 12.9. The van der Waals surface area contributed by atoms with E-state index < -0.39 is 141 Å². The third-order valence-electron chi connectivity index (χ3n) is 13.7. The Morgan fingerprint density at radius 2 is 1.24 bits per heavy atom. The van der Waals surface area contributed by atoms with Crippen molar-refractivity contribution < 1.29 is 99.0 Å². The number of ketones is 1. The number of carboxylic acids is 1. The van der Waals surface area contributed by atoms with Crippen LogP contribution in [0, 0.1) is 23.7 Å². The van der Waals surface area contributed by atoms with E-state index >= 15 is 0 Å². The van der Waals surface area contributed by atoms with Gasteiger partial charge in [0, 0.05) is 62.9 Å². The number of hydrogen-bond donors (Lipinski definition) is 12. The summed E-state index contributed by atoms with van der Waals surface area (Å²) in [6, 6.07) is -1.39. The summed E-state index contributed by atoms with van der Waals surface area (Å²) in [4.78, 5) is 49.4. The summed E-state index contributed by atoms with van der Waals surface area (Å²) in [6.45, 7) is 8.54. The van der Waals surface area contributed by atoms with E-state index in [1.54, 1.807) is 48.6 Å². The van der Waals surface area contributed by atoms with E-state index in [0.29, 0.717) is 11.5 Å². The monoisotopic (exact) mass is 1140 g/mol. The fourth-order valence-electron chi connectivity index (χ4n) is 9.19. The number of allylic oxidation sites excluding steroid dienone is 12. The van der Waals surface area contributed by atoms with Crippen LogP contribution >= 0.6 is 21.6 Å². The highest BCUT2D eigenvalue weighted by Crippen LogP contribution is 2.38. The normalized spacial score (nSPS) is 39.8. The molecule has 0 radical (unpaired) electrons. The van der Waals surface area contributed by atoms with Gasteiger partial charge in [-0.2, -0.15) is 0 Å². The molecule has 0 aromatic rings. The van der Waals surface area contributed by atoms with Gasteiger partial charge in [0.25, 0.3) is 0 Å². The Hall–Kier alpha value is -3.76. The third kappa shape index (κ3) is 25.4. The SMILES string of the molecule is CC(=O)OCCSSCCOC(=O)NC1C(O)C(C)OC(O[C@H]2/C=C/C=C/C=C/C=C/C=C/C=C/C=C/[C@H](C)[C@@H](O)[C@@H](C)[C@H](C)CC(=O)C[C@H](O)C[C@H](O)CC[C@@H](O)[C@H](O)C[C@H](O)C[C@]3(O)C[C@H](O)[C@@H](C(=O)O)[C@H](C2)O3)C1O. The Morgan fingerprint density at radius 3 is 1.83 bits per heavy atom. The van der Waals surface area contributed by atoms with Crippen molar-refractivity contribution in [3.63, 3.8) is 0 Å². The van der Waals surface area contributed by atoms with E-state index in [1.165, 1.54) is 41.5 Å². The number of hydrogen-bond acceptors (Lipinski definition) is 21. The van der Waals surface area contributed by atoms with E-state index in [1.807, 2.05) is 51.2 Å². The van der Waals surface area contributed by atoms with Gasteiger partial charge in [0.1, 0.15) is 37.1 Å². The molecule has 0 aliphatic carbocycles. The Morgan fingerprint density at radius 1 is 0.667 bits per heavy atom. The molecule has 21 nitrogen and oxygen atoms in total. The summed E-state index contributed by atoms with van der Waals surface area (Å²) in [6.07, 6.45) is 2.28. The lowest BCUT2D eigenvalue weighted by Gasteiger charge is -2.45. The molecular formula is C55H85NO20S2. The molecule has 3 rings (SSSR count). The molecule has 2 bridgehead atoms. The molecule has 0 spiro atoms. The number of rotatable bonds is 11. The fraction of sp³-hybridized carbons (Fsp3) is 0.673. The van der Waals surface area contributed by atoms with Gasteiger partial charge in [0.15, 0.2) is 12.1 Å². The summed E-state index contributed by atoms with van der Waals surface area (Å²) < 4.78 is 28.2. The van der Waals surface area contributed by atoms with Crippen LogP contribution in [-0.4, -0.2) is 196 Å². The van der Waals surface area contributed by atoms with Crippen LogP contribution in [0.3, 0.4) is 0 Å². The van der Waals surface area contributed by atoms with Crippen molar-refractivity contribution in [1.82, 2.24) is 5.32 Å². The molecule has 2 fully saturated rings. The molecule has 3 aliphatic heterocycles. The van der Waals surface area contributed by atoms with Gasteiger partial charge in [-0.05, 0) is 38.0 Å². The number of ether oxygens (including phenoxy) is 5. The van der Waals surface area contributed by atoms with Crippen LogP contribution in [-0.2, 0) is 38.1 Å². The van der Waals surface area contributed by atoms with Crippen molar-refractivity contribution in [2.45, 2.75) is 184 Å². The van der Waals surface area contributed by atoms with Gasteiger partial charge >= 0.3 is 18.0 Å². The van der Waals surface area contributed by atoms with Crippen molar-refractivity contribution in [2.24, 2.45) is 23.7 Å². The second-order valence-electron chi connectivity index (χ2n) is 20.3. The maximum atomic E-state index is 12.9. The number of nitrogens with one attached hydrogen (secondary N) is 1. The first-order chi connectivity index (χ1) is 36.9. The quantitative estimate of drug-likeness (QED) is 0.0803. The molecule has 0 saturated carbocycles. The Kier molecular flexibility index (Phi) is 31.5. The van der Waals surface area contributed by atoms with Crippen LogP contribution in [0.5, 0.6) is 0 Å². The smallest absolute Gasteiger partial charge is 0.407 e. The lowest BCUT2D eigenvalue weighted by Crippen LogP contribution is -2.64. The number of carbonyl (C=O) groups excluding carboxylic acids is 3. The van der Waals surface area contributed by atoms with Gasteiger partial charge in [-0.25, -0.2) is 4.79 Å². The van der Waals surface area contributed by atoms with Crippen molar-refractivity contribution in [3.8, 4) is 0 Å². The number of aliphatic hydroxyl groups excluding tert-OH is 9. The number of Topliss-reactive ketones (excluding diaryl/α,β-unsaturated/α-hetero) is 1. The van der Waals surface area contributed by atoms with Crippen molar-refractivity contribution >= 4 is 45.4 Å². The molecule has 442 valence electrons. The highest BCUT2D eigenvalue weighted by Gasteiger charge is 2.51. The molecule has 3 heterocycles.